The molecule has 0 saturated carbocycles. The number of halogens is 3. The molecule has 1 rings (SSSR count). The largest absolute Gasteiger partial charge is 0.416 e. The van der Waals surface area contributed by atoms with Gasteiger partial charge in [-0.05, 0) is 37.8 Å². The fourth-order valence-corrected chi connectivity index (χ4v) is 1.49. The molecule has 1 radical (unpaired) electrons. The molecule has 0 aliphatic heterocycles. The standard InChI is InChI=1S/C13H14F3/c1-2-3-4-5-8-11-9-6-7-10-12(11)13(14,15)16/h3-4,6-7,9-10H,1-2,5,8H2/b4-3+. The zero-order valence-electron chi connectivity index (χ0n) is 8.93. The van der Waals surface area contributed by atoms with Crippen molar-refractivity contribution >= 4 is 0 Å². The van der Waals surface area contributed by atoms with Crippen molar-refractivity contribution in [1.82, 2.24) is 0 Å². The molecule has 87 valence electrons. The van der Waals surface area contributed by atoms with Gasteiger partial charge in [0.2, 0.25) is 0 Å². The molecule has 1 aromatic rings. The number of allylic oxidation sites excluding steroid dienone is 2. The van der Waals surface area contributed by atoms with Gasteiger partial charge in [-0.15, -0.1) is 0 Å². The monoisotopic (exact) mass is 227 g/mol. The second-order valence-electron chi connectivity index (χ2n) is 3.45. The van der Waals surface area contributed by atoms with Crippen LogP contribution in [0.2, 0.25) is 0 Å². The summed E-state index contributed by atoms with van der Waals surface area (Å²) in [5, 5.41) is 0. The zero-order chi connectivity index (χ0) is 12.0. The molecule has 16 heavy (non-hydrogen) atoms. The predicted molar refractivity (Wildman–Crippen MR) is 58.9 cm³/mol. The minimum atomic E-state index is -4.26. The molecule has 0 N–H and O–H groups in total. The Hall–Kier alpha value is -1.25. The van der Waals surface area contributed by atoms with Crippen LogP contribution in [0.5, 0.6) is 0 Å². The molecule has 0 saturated heterocycles. The second-order valence-corrected chi connectivity index (χ2v) is 3.45. The summed E-state index contributed by atoms with van der Waals surface area (Å²) in [4.78, 5) is 0. The topological polar surface area (TPSA) is 0 Å². The first-order valence-electron chi connectivity index (χ1n) is 5.15. The van der Waals surface area contributed by atoms with Gasteiger partial charge < -0.3 is 0 Å². The van der Waals surface area contributed by atoms with Gasteiger partial charge in [0.15, 0.2) is 0 Å². The van der Waals surface area contributed by atoms with Gasteiger partial charge >= 0.3 is 6.18 Å². The average molecular weight is 227 g/mol. The van der Waals surface area contributed by atoms with E-state index >= 15 is 0 Å². The van der Waals surface area contributed by atoms with Crippen molar-refractivity contribution in [1.29, 1.82) is 0 Å². The summed E-state index contributed by atoms with van der Waals surface area (Å²) in [7, 11) is 0. The first-order chi connectivity index (χ1) is 7.55. The molecular formula is C13H14F3. The van der Waals surface area contributed by atoms with Gasteiger partial charge in [-0.25, -0.2) is 0 Å². The maximum atomic E-state index is 12.6. The first-order valence-corrected chi connectivity index (χ1v) is 5.15. The van der Waals surface area contributed by atoms with Gasteiger partial charge in [-0.2, -0.15) is 13.2 Å². The van der Waals surface area contributed by atoms with Gasteiger partial charge in [-0.1, -0.05) is 30.4 Å². The van der Waals surface area contributed by atoms with Gasteiger partial charge in [0.05, 0.1) is 5.56 Å². The van der Waals surface area contributed by atoms with Crippen molar-refractivity contribution in [2.24, 2.45) is 0 Å². The molecule has 0 bridgehead atoms. The Morgan fingerprint density at radius 2 is 1.81 bits per heavy atom. The summed E-state index contributed by atoms with van der Waals surface area (Å²) >= 11 is 0. The minimum Gasteiger partial charge on any atom is -0.166 e. The van der Waals surface area contributed by atoms with E-state index in [4.69, 9.17) is 0 Å². The van der Waals surface area contributed by atoms with E-state index in [1.807, 2.05) is 12.2 Å². The molecule has 0 heterocycles. The lowest BCUT2D eigenvalue weighted by Crippen LogP contribution is -2.08. The van der Waals surface area contributed by atoms with Crippen LogP contribution in [0.1, 0.15) is 24.0 Å². The molecule has 0 aliphatic rings. The Morgan fingerprint density at radius 1 is 1.12 bits per heavy atom. The molecule has 0 unspecified atom stereocenters. The maximum Gasteiger partial charge on any atom is 0.416 e. The Bertz CT molecular complexity index is 350. The number of alkyl halides is 3. The molecule has 0 aromatic heterocycles. The zero-order valence-corrected chi connectivity index (χ0v) is 8.93. The highest BCUT2D eigenvalue weighted by Gasteiger charge is 2.32. The number of hydrogen-bond acceptors (Lipinski definition) is 0. The van der Waals surface area contributed by atoms with E-state index in [1.54, 1.807) is 6.07 Å². The van der Waals surface area contributed by atoms with Gasteiger partial charge in [-0.3, -0.25) is 0 Å². The van der Waals surface area contributed by atoms with Crippen molar-refractivity contribution in [2.45, 2.75) is 25.4 Å². The van der Waals surface area contributed by atoms with Crippen LogP contribution in [0.3, 0.4) is 0 Å². The number of benzene rings is 1. The Kier molecular flexibility index (Phi) is 4.59. The summed E-state index contributed by atoms with van der Waals surface area (Å²) in [6, 6.07) is 5.70. The second kappa shape index (κ2) is 5.73. The van der Waals surface area contributed by atoms with Gasteiger partial charge in [0.25, 0.3) is 0 Å². The van der Waals surface area contributed by atoms with E-state index in [0.717, 1.165) is 6.07 Å². The number of aryl methyl sites for hydroxylation is 1. The summed E-state index contributed by atoms with van der Waals surface area (Å²) in [6.07, 6.45) is 1.15. The summed E-state index contributed by atoms with van der Waals surface area (Å²) < 4.78 is 37.8. The lowest BCUT2D eigenvalue weighted by Gasteiger charge is -2.11. The molecule has 3 heteroatoms. The van der Waals surface area contributed by atoms with E-state index in [1.165, 1.54) is 12.1 Å². The van der Waals surface area contributed by atoms with Crippen molar-refractivity contribution in [2.75, 3.05) is 0 Å². The highest BCUT2D eigenvalue weighted by Crippen LogP contribution is 2.32. The summed E-state index contributed by atoms with van der Waals surface area (Å²) in [5.41, 5.74) is -0.179. The van der Waals surface area contributed by atoms with E-state index in [-0.39, 0.29) is 0 Å². The van der Waals surface area contributed by atoms with Crippen LogP contribution in [0.25, 0.3) is 0 Å². The molecule has 1 aromatic carbocycles. The third kappa shape index (κ3) is 3.72. The van der Waals surface area contributed by atoms with Gasteiger partial charge in [0.1, 0.15) is 0 Å². The fraction of sp³-hybridized carbons (Fsp3) is 0.308. The lowest BCUT2D eigenvalue weighted by atomic mass is 10.0. The quantitative estimate of drug-likeness (QED) is 0.668. The normalized spacial score (nSPS) is 12.2. The third-order valence-electron chi connectivity index (χ3n) is 2.24. The SMILES string of the molecule is [CH2]C/C=C/CCc1ccccc1C(F)(F)F. The highest BCUT2D eigenvalue weighted by atomic mass is 19.4. The van der Waals surface area contributed by atoms with Crippen molar-refractivity contribution in [3.63, 3.8) is 0 Å². The van der Waals surface area contributed by atoms with Crippen LogP contribution < -0.4 is 0 Å². The molecular weight excluding hydrogens is 213 g/mol. The summed E-state index contributed by atoms with van der Waals surface area (Å²) in [6.45, 7) is 3.62. The molecule has 0 amide bonds. The molecule has 0 atom stereocenters. The van der Waals surface area contributed by atoms with Crippen molar-refractivity contribution in [3.8, 4) is 0 Å². The molecule has 0 nitrogen and oxygen atoms in total. The molecule has 0 spiro atoms. The Labute approximate surface area is 93.8 Å². The Morgan fingerprint density at radius 3 is 2.44 bits per heavy atom. The number of hydrogen-bond donors (Lipinski definition) is 0. The van der Waals surface area contributed by atoms with E-state index in [9.17, 15) is 13.2 Å². The fourth-order valence-electron chi connectivity index (χ4n) is 1.49. The predicted octanol–water partition coefficient (Wildman–Crippen LogP) is 4.42. The van der Waals surface area contributed by atoms with Crippen LogP contribution in [0.15, 0.2) is 36.4 Å². The smallest absolute Gasteiger partial charge is 0.166 e. The molecule has 0 aliphatic carbocycles. The van der Waals surface area contributed by atoms with E-state index in [0.29, 0.717) is 24.8 Å². The first kappa shape index (κ1) is 12.8. The lowest BCUT2D eigenvalue weighted by molar-refractivity contribution is -0.138. The van der Waals surface area contributed by atoms with Crippen LogP contribution in [-0.2, 0) is 12.6 Å². The summed E-state index contributed by atoms with van der Waals surface area (Å²) in [5.74, 6) is 0. The van der Waals surface area contributed by atoms with Crippen LogP contribution in [-0.4, -0.2) is 0 Å². The Balaban J connectivity index is 2.76. The van der Waals surface area contributed by atoms with E-state index < -0.39 is 11.7 Å². The van der Waals surface area contributed by atoms with Crippen LogP contribution >= 0.6 is 0 Å². The van der Waals surface area contributed by atoms with Gasteiger partial charge in [0, 0.05) is 0 Å². The third-order valence-corrected chi connectivity index (χ3v) is 2.24. The van der Waals surface area contributed by atoms with Crippen molar-refractivity contribution < 1.29 is 13.2 Å². The molecule has 0 fully saturated rings. The van der Waals surface area contributed by atoms with Crippen molar-refractivity contribution in [3.05, 3.63) is 54.5 Å². The minimum absolute atomic E-state index is 0.351. The van der Waals surface area contributed by atoms with Crippen LogP contribution in [0, 0.1) is 6.92 Å². The number of rotatable bonds is 4. The highest BCUT2D eigenvalue weighted by molar-refractivity contribution is 5.29. The maximum absolute atomic E-state index is 12.6. The van der Waals surface area contributed by atoms with E-state index in [2.05, 4.69) is 6.92 Å². The van der Waals surface area contributed by atoms with Crippen LogP contribution in [0.4, 0.5) is 13.2 Å². The average Bonchev–Trinajstić information content (AvgIpc) is 2.24.